The highest BCUT2D eigenvalue weighted by Crippen LogP contribution is 2.13. The number of amides is 4. The zero-order valence-corrected chi connectivity index (χ0v) is 9.32. The molecule has 2 N–H and O–H groups in total. The Labute approximate surface area is 98.2 Å². The number of imide groups is 2. The molecule has 1 aromatic rings. The molecule has 2 rings (SSSR count). The molecule has 0 bridgehead atoms. The molecule has 0 aliphatic carbocycles. The standard InChI is InChI=1S/C12H12N2O3/c1-7-3-2-4-8(5-7)6-9-10(15)13-12(17)14-11(9)16/h2-5,9H,6H2,1H3,(H2,13,14,15,16,17). The molecule has 1 aliphatic heterocycles. The van der Waals surface area contributed by atoms with Gasteiger partial charge >= 0.3 is 6.03 Å². The number of hydrogen-bond acceptors (Lipinski definition) is 3. The maximum atomic E-state index is 11.5. The van der Waals surface area contributed by atoms with Crippen molar-refractivity contribution in [2.24, 2.45) is 5.92 Å². The molecule has 5 nitrogen and oxygen atoms in total. The predicted octanol–water partition coefficient (Wildman–Crippen LogP) is 0.520. The first kappa shape index (κ1) is 11.3. The molecule has 4 amide bonds. The van der Waals surface area contributed by atoms with E-state index < -0.39 is 23.8 Å². The Kier molecular flexibility index (Phi) is 2.91. The van der Waals surface area contributed by atoms with Gasteiger partial charge in [-0.15, -0.1) is 0 Å². The molecule has 0 saturated carbocycles. The van der Waals surface area contributed by atoms with E-state index >= 15 is 0 Å². The van der Waals surface area contributed by atoms with E-state index in [4.69, 9.17) is 0 Å². The summed E-state index contributed by atoms with van der Waals surface area (Å²) in [5.74, 6) is -1.92. The number of benzene rings is 1. The summed E-state index contributed by atoms with van der Waals surface area (Å²) in [5, 5.41) is 4.17. The molecule has 5 heteroatoms. The van der Waals surface area contributed by atoms with Crippen LogP contribution in [0.3, 0.4) is 0 Å². The van der Waals surface area contributed by atoms with Crippen LogP contribution in [0.1, 0.15) is 11.1 Å². The van der Waals surface area contributed by atoms with Gasteiger partial charge in [0.2, 0.25) is 11.8 Å². The third kappa shape index (κ3) is 2.50. The summed E-state index contributed by atoms with van der Waals surface area (Å²) >= 11 is 0. The molecule has 0 aromatic heterocycles. The SMILES string of the molecule is Cc1cccc(CC2C(=O)NC(=O)NC2=O)c1. The van der Waals surface area contributed by atoms with Crippen LogP contribution >= 0.6 is 0 Å². The fraction of sp³-hybridized carbons (Fsp3) is 0.250. The molecular formula is C12H12N2O3. The average Bonchev–Trinajstić information content (AvgIpc) is 2.23. The normalized spacial score (nSPS) is 16.6. The van der Waals surface area contributed by atoms with Gasteiger partial charge in [-0.25, -0.2) is 4.79 Å². The van der Waals surface area contributed by atoms with Crippen molar-refractivity contribution in [2.45, 2.75) is 13.3 Å². The monoisotopic (exact) mass is 232 g/mol. The maximum absolute atomic E-state index is 11.5. The molecule has 17 heavy (non-hydrogen) atoms. The summed E-state index contributed by atoms with van der Waals surface area (Å²) < 4.78 is 0. The molecular weight excluding hydrogens is 220 g/mol. The Bertz CT molecular complexity index is 476. The zero-order valence-electron chi connectivity index (χ0n) is 9.32. The molecule has 0 spiro atoms. The van der Waals surface area contributed by atoms with Crippen LogP contribution in [0.4, 0.5) is 4.79 Å². The zero-order chi connectivity index (χ0) is 12.4. The molecule has 1 saturated heterocycles. The van der Waals surface area contributed by atoms with E-state index in [0.717, 1.165) is 11.1 Å². The van der Waals surface area contributed by atoms with E-state index in [-0.39, 0.29) is 0 Å². The minimum absolute atomic E-state index is 0.298. The maximum Gasteiger partial charge on any atom is 0.328 e. The Balaban J connectivity index is 2.15. The Morgan fingerprint density at radius 3 is 2.35 bits per heavy atom. The molecule has 1 aromatic carbocycles. The quantitative estimate of drug-likeness (QED) is 0.730. The van der Waals surface area contributed by atoms with Crippen LogP contribution in [-0.4, -0.2) is 17.8 Å². The molecule has 1 fully saturated rings. The van der Waals surface area contributed by atoms with E-state index in [2.05, 4.69) is 10.6 Å². The van der Waals surface area contributed by atoms with E-state index in [1.165, 1.54) is 0 Å². The van der Waals surface area contributed by atoms with Crippen LogP contribution in [0, 0.1) is 12.8 Å². The van der Waals surface area contributed by atoms with Gasteiger partial charge < -0.3 is 0 Å². The summed E-state index contributed by atoms with van der Waals surface area (Å²) in [6.07, 6.45) is 0.298. The van der Waals surface area contributed by atoms with Crippen molar-refractivity contribution in [1.82, 2.24) is 10.6 Å². The van der Waals surface area contributed by atoms with Crippen LogP contribution in [0.5, 0.6) is 0 Å². The number of nitrogens with one attached hydrogen (secondary N) is 2. The van der Waals surface area contributed by atoms with Gasteiger partial charge in [-0.05, 0) is 18.9 Å². The van der Waals surface area contributed by atoms with Gasteiger partial charge in [-0.1, -0.05) is 29.8 Å². The number of carbonyl (C=O) groups is 3. The average molecular weight is 232 g/mol. The largest absolute Gasteiger partial charge is 0.328 e. The van der Waals surface area contributed by atoms with E-state index in [1.807, 2.05) is 31.2 Å². The number of aryl methyl sites for hydroxylation is 1. The number of rotatable bonds is 2. The summed E-state index contributed by atoms with van der Waals surface area (Å²) in [6, 6.07) is 6.82. The Morgan fingerprint density at radius 1 is 1.12 bits per heavy atom. The topological polar surface area (TPSA) is 75.3 Å². The summed E-state index contributed by atoms with van der Waals surface area (Å²) in [4.78, 5) is 33.9. The summed E-state index contributed by atoms with van der Waals surface area (Å²) in [7, 11) is 0. The Hall–Kier alpha value is -2.17. The highest BCUT2D eigenvalue weighted by atomic mass is 16.2. The first-order chi connectivity index (χ1) is 8.06. The number of carbonyl (C=O) groups excluding carboxylic acids is 3. The predicted molar refractivity (Wildman–Crippen MR) is 60.1 cm³/mol. The van der Waals surface area contributed by atoms with Gasteiger partial charge in [0.15, 0.2) is 0 Å². The first-order valence-corrected chi connectivity index (χ1v) is 5.27. The smallest absolute Gasteiger partial charge is 0.277 e. The molecule has 1 aliphatic rings. The summed E-state index contributed by atoms with van der Waals surface area (Å²) in [6.45, 7) is 1.94. The lowest BCUT2D eigenvalue weighted by Crippen LogP contribution is -2.56. The lowest BCUT2D eigenvalue weighted by molar-refractivity contribution is -0.135. The van der Waals surface area contributed by atoms with Crippen molar-refractivity contribution in [3.8, 4) is 0 Å². The van der Waals surface area contributed by atoms with Crippen LogP contribution in [0.25, 0.3) is 0 Å². The number of barbiturate groups is 1. The minimum atomic E-state index is -0.838. The molecule has 0 radical (unpaired) electrons. The van der Waals surface area contributed by atoms with Crippen LogP contribution in [-0.2, 0) is 16.0 Å². The van der Waals surface area contributed by atoms with Crippen LogP contribution in [0.15, 0.2) is 24.3 Å². The second kappa shape index (κ2) is 4.37. The third-order valence-corrected chi connectivity index (χ3v) is 2.63. The van der Waals surface area contributed by atoms with Crippen molar-refractivity contribution in [2.75, 3.05) is 0 Å². The fourth-order valence-corrected chi connectivity index (χ4v) is 1.81. The molecule has 88 valence electrons. The van der Waals surface area contributed by atoms with Crippen LogP contribution < -0.4 is 10.6 Å². The third-order valence-electron chi connectivity index (χ3n) is 2.63. The minimum Gasteiger partial charge on any atom is -0.277 e. The lowest BCUT2D eigenvalue weighted by atomic mass is 9.95. The van der Waals surface area contributed by atoms with Gasteiger partial charge in [0.25, 0.3) is 0 Å². The van der Waals surface area contributed by atoms with Crippen molar-refractivity contribution in [3.05, 3.63) is 35.4 Å². The van der Waals surface area contributed by atoms with Gasteiger partial charge in [0.05, 0.1) is 0 Å². The lowest BCUT2D eigenvalue weighted by Gasteiger charge is -2.20. The molecule has 0 atom stereocenters. The number of hydrogen-bond donors (Lipinski definition) is 2. The van der Waals surface area contributed by atoms with Gasteiger partial charge in [0, 0.05) is 0 Å². The van der Waals surface area contributed by atoms with Gasteiger partial charge in [0.1, 0.15) is 5.92 Å². The van der Waals surface area contributed by atoms with Gasteiger partial charge in [-0.2, -0.15) is 0 Å². The number of urea groups is 1. The Morgan fingerprint density at radius 2 is 1.76 bits per heavy atom. The van der Waals surface area contributed by atoms with Crippen molar-refractivity contribution in [1.29, 1.82) is 0 Å². The molecule has 0 unspecified atom stereocenters. The molecule has 1 heterocycles. The first-order valence-electron chi connectivity index (χ1n) is 5.27. The fourth-order valence-electron chi connectivity index (χ4n) is 1.81. The van der Waals surface area contributed by atoms with Crippen molar-refractivity contribution in [3.63, 3.8) is 0 Å². The van der Waals surface area contributed by atoms with Crippen molar-refractivity contribution >= 4 is 17.8 Å². The highest BCUT2D eigenvalue weighted by Gasteiger charge is 2.33. The van der Waals surface area contributed by atoms with E-state index in [9.17, 15) is 14.4 Å². The summed E-state index contributed by atoms with van der Waals surface area (Å²) in [5.41, 5.74) is 1.96. The van der Waals surface area contributed by atoms with E-state index in [0.29, 0.717) is 6.42 Å². The van der Waals surface area contributed by atoms with Crippen molar-refractivity contribution < 1.29 is 14.4 Å². The van der Waals surface area contributed by atoms with Crippen LogP contribution in [0.2, 0.25) is 0 Å². The highest BCUT2D eigenvalue weighted by molar-refractivity contribution is 6.16. The second-order valence-corrected chi connectivity index (χ2v) is 4.05. The van der Waals surface area contributed by atoms with Gasteiger partial charge in [-0.3, -0.25) is 20.2 Å². The van der Waals surface area contributed by atoms with E-state index in [1.54, 1.807) is 0 Å². The second-order valence-electron chi connectivity index (χ2n) is 4.05.